The van der Waals surface area contributed by atoms with Gasteiger partial charge < -0.3 is 0 Å². The minimum Gasteiger partial charge on any atom is -0.0947 e. The van der Waals surface area contributed by atoms with Crippen LogP contribution < -0.4 is 0 Å². The second-order valence-corrected chi connectivity index (χ2v) is 26.4. The SMILES string of the molecule is CC(CC1C=C(CP(C2C3CC4CC(C3)CC2C4)C2C3CC4CC(C3)CC2C4)C(CP(C(C)(C)C)C(C)(C)C)=C1)c1ccccc1. The fraction of sp³-hybridized carbons (Fsp3) is 0.773. The minimum atomic E-state index is -0.139. The van der Waals surface area contributed by atoms with E-state index in [0.29, 0.717) is 22.1 Å². The van der Waals surface area contributed by atoms with Crippen LogP contribution in [0.4, 0.5) is 0 Å². The molecule has 0 amide bonds. The Morgan fingerprint density at radius 1 is 0.587 bits per heavy atom. The van der Waals surface area contributed by atoms with Gasteiger partial charge in [-0.1, -0.05) is 107 Å². The van der Waals surface area contributed by atoms with E-state index in [4.69, 9.17) is 0 Å². The van der Waals surface area contributed by atoms with Crippen LogP contribution in [0.3, 0.4) is 0 Å². The Morgan fingerprint density at radius 2 is 1.00 bits per heavy atom. The van der Waals surface area contributed by atoms with E-state index in [1.54, 1.807) is 64.2 Å². The fourth-order valence-electron chi connectivity index (χ4n) is 13.7. The Balaban J connectivity index is 1.13. The Bertz CT molecular complexity index is 1190. The summed E-state index contributed by atoms with van der Waals surface area (Å²) in [5.41, 5.74) is 7.42. The summed E-state index contributed by atoms with van der Waals surface area (Å²) < 4.78 is 0. The van der Waals surface area contributed by atoms with Gasteiger partial charge in [0.15, 0.2) is 0 Å². The third-order valence-electron chi connectivity index (χ3n) is 14.7. The van der Waals surface area contributed by atoms with Gasteiger partial charge in [0.1, 0.15) is 0 Å². The van der Waals surface area contributed by atoms with E-state index in [-0.39, 0.29) is 15.8 Å². The quantitative estimate of drug-likeness (QED) is 0.232. The highest BCUT2D eigenvalue weighted by atomic mass is 31.1. The molecule has 1 aromatic carbocycles. The first-order valence-corrected chi connectivity index (χ1v) is 23.1. The molecule has 2 atom stereocenters. The van der Waals surface area contributed by atoms with Gasteiger partial charge >= 0.3 is 0 Å². The predicted molar refractivity (Wildman–Crippen MR) is 204 cm³/mol. The van der Waals surface area contributed by atoms with Gasteiger partial charge in [0, 0.05) is 0 Å². The molecule has 0 spiro atoms. The number of benzene rings is 1. The molecule has 0 aliphatic heterocycles. The van der Waals surface area contributed by atoms with E-state index < -0.39 is 0 Å². The van der Waals surface area contributed by atoms with Gasteiger partial charge in [-0.25, -0.2) is 0 Å². The first kappa shape index (κ1) is 32.7. The summed E-state index contributed by atoms with van der Waals surface area (Å²) in [5, 5.41) is 0.755. The molecule has 0 saturated heterocycles. The van der Waals surface area contributed by atoms with E-state index in [0.717, 1.165) is 58.7 Å². The highest BCUT2D eigenvalue weighted by Crippen LogP contribution is 2.72. The van der Waals surface area contributed by atoms with Crippen molar-refractivity contribution >= 4 is 15.8 Å². The fourth-order valence-corrected chi connectivity index (χ4v) is 22.0. The van der Waals surface area contributed by atoms with Crippen LogP contribution in [0.5, 0.6) is 0 Å². The molecule has 0 heterocycles. The third kappa shape index (κ3) is 6.34. The lowest BCUT2D eigenvalue weighted by molar-refractivity contribution is 0.0131. The highest BCUT2D eigenvalue weighted by Gasteiger charge is 2.57. The first-order valence-electron chi connectivity index (χ1n) is 19.9. The normalized spacial score (nSPS) is 40.8. The van der Waals surface area contributed by atoms with Crippen LogP contribution >= 0.6 is 15.8 Å². The molecule has 8 bridgehead atoms. The summed E-state index contributed by atoms with van der Waals surface area (Å²) in [6.45, 7) is 17.8. The summed E-state index contributed by atoms with van der Waals surface area (Å²) in [6, 6.07) is 11.4. The average Bonchev–Trinajstić information content (AvgIpc) is 3.34. The summed E-state index contributed by atoms with van der Waals surface area (Å²) in [4.78, 5) is 0. The van der Waals surface area contributed by atoms with Crippen molar-refractivity contribution in [2.45, 2.75) is 147 Å². The van der Waals surface area contributed by atoms with E-state index in [9.17, 15) is 0 Å². The maximum Gasteiger partial charge on any atom is -0.00357 e. The summed E-state index contributed by atoms with van der Waals surface area (Å²) in [6.07, 6.45) is 25.9. The second-order valence-electron chi connectivity index (χ2n) is 20.0. The van der Waals surface area contributed by atoms with Crippen molar-refractivity contribution in [1.29, 1.82) is 0 Å². The summed E-state index contributed by atoms with van der Waals surface area (Å²) in [7, 11) is -0.103. The molecule has 8 fully saturated rings. The molecule has 9 aliphatic carbocycles. The van der Waals surface area contributed by atoms with E-state index in [1.807, 2.05) is 11.1 Å². The standard InChI is InChI=1S/C44H66P2/c1-28(34-11-9-8-10-12-34)13-29-24-39(40(25-29)27-46(43(2,3)4)44(5,6)7)26-45(41-35-16-30-14-31(18-35)19-36(41)17-30)42-37-20-32-15-33(22-37)23-38(42)21-32/h8-12,24-25,28-33,35-38,41-42H,13-23,26-27H2,1-7H3. The zero-order chi connectivity index (χ0) is 32.0. The molecule has 0 radical (unpaired) electrons. The maximum absolute atomic E-state index is 2.88. The monoisotopic (exact) mass is 656 g/mol. The van der Waals surface area contributed by atoms with Crippen molar-refractivity contribution in [1.82, 2.24) is 0 Å². The summed E-state index contributed by atoms with van der Waals surface area (Å²) in [5.74, 6) is 9.97. The maximum atomic E-state index is 2.88. The van der Waals surface area contributed by atoms with Gasteiger partial charge in [-0.3, -0.25) is 0 Å². The Kier molecular flexibility index (Phi) is 8.83. The number of hydrogen-bond donors (Lipinski definition) is 0. The van der Waals surface area contributed by atoms with Crippen LogP contribution in [0.25, 0.3) is 0 Å². The van der Waals surface area contributed by atoms with Crippen LogP contribution in [0, 0.1) is 53.3 Å². The second kappa shape index (κ2) is 12.4. The van der Waals surface area contributed by atoms with Crippen molar-refractivity contribution in [2.24, 2.45) is 53.3 Å². The molecule has 0 N–H and O–H groups in total. The van der Waals surface area contributed by atoms with Crippen LogP contribution in [0.2, 0.25) is 0 Å². The number of hydrogen-bond acceptors (Lipinski definition) is 0. The lowest BCUT2D eigenvalue weighted by Gasteiger charge is -2.62. The van der Waals surface area contributed by atoms with Gasteiger partial charge in [0.2, 0.25) is 0 Å². The van der Waals surface area contributed by atoms with Crippen molar-refractivity contribution in [3.63, 3.8) is 0 Å². The molecule has 9 aliphatic rings. The molecular weight excluding hydrogens is 590 g/mol. The van der Waals surface area contributed by atoms with Crippen molar-refractivity contribution in [3.8, 4) is 0 Å². The van der Waals surface area contributed by atoms with Crippen LogP contribution in [0.1, 0.15) is 131 Å². The topological polar surface area (TPSA) is 0 Å². The van der Waals surface area contributed by atoms with Gasteiger partial charge in [0.05, 0.1) is 0 Å². The predicted octanol–water partition coefficient (Wildman–Crippen LogP) is 12.9. The Labute approximate surface area is 286 Å². The molecule has 2 unspecified atom stereocenters. The van der Waals surface area contributed by atoms with Crippen molar-refractivity contribution in [3.05, 3.63) is 59.2 Å². The Hall–Kier alpha value is -0.440. The molecule has 2 heteroatoms. The third-order valence-corrected chi connectivity index (χ3v) is 22.5. The first-order chi connectivity index (χ1) is 21.9. The molecule has 8 saturated carbocycles. The van der Waals surface area contributed by atoms with Gasteiger partial charge in [0.25, 0.3) is 0 Å². The van der Waals surface area contributed by atoms with Crippen molar-refractivity contribution < 1.29 is 0 Å². The van der Waals surface area contributed by atoms with Gasteiger partial charge in [-0.2, -0.15) is 0 Å². The van der Waals surface area contributed by atoms with Gasteiger partial charge in [-0.05, 0) is 180 Å². The zero-order valence-corrected chi connectivity index (χ0v) is 32.3. The molecule has 10 rings (SSSR count). The van der Waals surface area contributed by atoms with Crippen LogP contribution in [-0.4, -0.2) is 34.0 Å². The molecular formula is C44H66P2. The molecule has 46 heavy (non-hydrogen) atoms. The molecule has 252 valence electrons. The van der Waals surface area contributed by atoms with Crippen LogP contribution in [-0.2, 0) is 0 Å². The molecule has 1 aromatic rings. The highest BCUT2D eigenvalue weighted by molar-refractivity contribution is 7.61. The average molecular weight is 657 g/mol. The summed E-state index contributed by atoms with van der Waals surface area (Å²) >= 11 is 0. The minimum absolute atomic E-state index is 0.0356. The van der Waals surface area contributed by atoms with E-state index in [2.05, 4.69) is 91.0 Å². The van der Waals surface area contributed by atoms with Gasteiger partial charge in [-0.15, -0.1) is 0 Å². The Morgan fingerprint density at radius 3 is 1.41 bits per heavy atom. The van der Waals surface area contributed by atoms with Crippen molar-refractivity contribution in [2.75, 3.05) is 12.3 Å². The number of rotatable bonds is 9. The lowest BCUT2D eigenvalue weighted by atomic mass is 9.55. The lowest BCUT2D eigenvalue weighted by Crippen LogP contribution is -2.53. The van der Waals surface area contributed by atoms with E-state index >= 15 is 0 Å². The largest absolute Gasteiger partial charge is 0.0947 e. The smallest absolute Gasteiger partial charge is 0.00357 e. The zero-order valence-electron chi connectivity index (χ0n) is 30.6. The number of allylic oxidation sites excluding steroid dienone is 4. The van der Waals surface area contributed by atoms with E-state index in [1.165, 1.54) is 24.3 Å². The molecule has 0 aromatic heterocycles. The molecule has 0 nitrogen and oxygen atoms in total. The van der Waals surface area contributed by atoms with Crippen LogP contribution in [0.15, 0.2) is 53.6 Å².